The molecule has 0 saturated carbocycles. The van der Waals surface area contributed by atoms with Crippen LogP contribution in [0.4, 0.5) is 0 Å². The van der Waals surface area contributed by atoms with Gasteiger partial charge in [0.15, 0.2) is 5.82 Å². The van der Waals surface area contributed by atoms with Gasteiger partial charge in [-0.2, -0.15) is 4.98 Å². The van der Waals surface area contributed by atoms with Gasteiger partial charge in [-0.25, -0.2) is 0 Å². The average Bonchev–Trinajstić information content (AvgIpc) is 2.88. The molecule has 5 heteroatoms. The number of hydrogen-bond donors (Lipinski definition) is 0. The van der Waals surface area contributed by atoms with Crippen molar-refractivity contribution in [1.82, 2.24) is 10.1 Å². The third-order valence-corrected chi connectivity index (χ3v) is 3.21. The number of rotatable bonds is 5. The van der Waals surface area contributed by atoms with Gasteiger partial charge in [0, 0.05) is 17.9 Å². The van der Waals surface area contributed by atoms with E-state index in [0.717, 1.165) is 5.56 Å². The number of hydrogen-bond acceptors (Lipinski definition) is 4. The Labute approximate surface area is 116 Å². The van der Waals surface area contributed by atoms with Crippen LogP contribution in [0.3, 0.4) is 0 Å². The quantitative estimate of drug-likeness (QED) is 0.841. The molecular formula is C14H15ClN2O2. The molecule has 0 fully saturated rings. The van der Waals surface area contributed by atoms with Crippen LogP contribution in [0.2, 0.25) is 5.02 Å². The molecule has 0 aliphatic rings. The summed E-state index contributed by atoms with van der Waals surface area (Å²) in [6.07, 6.45) is 1.03. The summed E-state index contributed by atoms with van der Waals surface area (Å²) in [7, 11) is 0. The van der Waals surface area contributed by atoms with E-state index < -0.39 is 0 Å². The molecule has 0 saturated heterocycles. The normalized spacial score (nSPS) is 12.4. The Morgan fingerprint density at radius 3 is 2.68 bits per heavy atom. The Kier molecular flexibility index (Phi) is 4.32. The molecule has 1 heterocycles. The van der Waals surface area contributed by atoms with Crippen LogP contribution in [0.25, 0.3) is 0 Å². The van der Waals surface area contributed by atoms with Crippen LogP contribution in [-0.4, -0.2) is 15.9 Å². The highest BCUT2D eigenvalue weighted by Gasteiger charge is 2.20. The van der Waals surface area contributed by atoms with Crippen LogP contribution >= 0.6 is 11.6 Å². The average molecular weight is 279 g/mol. The fourth-order valence-electron chi connectivity index (χ4n) is 1.74. The smallest absolute Gasteiger partial charge is 0.236 e. The third kappa shape index (κ3) is 3.41. The standard InChI is InChI=1S/C14H15ClN2O2/c1-3-12(18)9(2)14-16-13(17-19-14)8-10-4-6-11(15)7-5-10/h4-7,9H,3,8H2,1-2H3. The summed E-state index contributed by atoms with van der Waals surface area (Å²) in [6.45, 7) is 3.61. The summed E-state index contributed by atoms with van der Waals surface area (Å²) >= 11 is 5.82. The van der Waals surface area contributed by atoms with E-state index in [-0.39, 0.29) is 11.7 Å². The maximum Gasteiger partial charge on any atom is 0.236 e. The van der Waals surface area contributed by atoms with Crippen LogP contribution in [0.5, 0.6) is 0 Å². The second-order valence-electron chi connectivity index (χ2n) is 4.39. The third-order valence-electron chi connectivity index (χ3n) is 2.96. The number of aromatic nitrogens is 2. The molecule has 1 aromatic heterocycles. The number of ketones is 1. The Bertz CT molecular complexity index is 563. The zero-order chi connectivity index (χ0) is 13.8. The fourth-order valence-corrected chi connectivity index (χ4v) is 1.87. The molecule has 0 radical (unpaired) electrons. The molecule has 19 heavy (non-hydrogen) atoms. The fraction of sp³-hybridized carbons (Fsp3) is 0.357. The van der Waals surface area contributed by atoms with Crippen molar-refractivity contribution in [2.24, 2.45) is 0 Å². The molecule has 1 atom stereocenters. The second kappa shape index (κ2) is 5.97. The maximum absolute atomic E-state index is 11.6. The molecule has 0 spiro atoms. The predicted octanol–water partition coefficient (Wildman–Crippen LogP) is 3.40. The van der Waals surface area contributed by atoms with E-state index >= 15 is 0 Å². The van der Waals surface area contributed by atoms with Gasteiger partial charge >= 0.3 is 0 Å². The topological polar surface area (TPSA) is 56.0 Å². The monoisotopic (exact) mass is 278 g/mol. The number of Topliss-reactive ketones (excluding diaryl/α,β-unsaturated/α-hetero) is 1. The first-order chi connectivity index (χ1) is 9.10. The first-order valence-electron chi connectivity index (χ1n) is 6.19. The lowest BCUT2D eigenvalue weighted by Crippen LogP contribution is -2.07. The molecule has 1 aromatic carbocycles. The van der Waals surface area contributed by atoms with Crippen LogP contribution in [-0.2, 0) is 11.2 Å². The van der Waals surface area contributed by atoms with Gasteiger partial charge in [-0.15, -0.1) is 0 Å². The van der Waals surface area contributed by atoms with Crippen molar-refractivity contribution >= 4 is 17.4 Å². The Morgan fingerprint density at radius 2 is 2.05 bits per heavy atom. The van der Waals surface area contributed by atoms with Gasteiger partial charge in [0.25, 0.3) is 0 Å². The summed E-state index contributed by atoms with van der Waals surface area (Å²) in [5, 5.41) is 4.59. The van der Waals surface area contributed by atoms with Crippen molar-refractivity contribution in [3.05, 3.63) is 46.6 Å². The minimum absolute atomic E-state index is 0.0988. The summed E-state index contributed by atoms with van der Waals surface area (Å²) in [6, 6.07) is 7.47. The largest absolute Gasteiger partial charge is 0.339 e. The van der Waals surface area contributed by atoms with Gasteiger partial charge in [0.05, 0.1) is 5.92 Å². The molecular weight excluding hydrogens is 264 g/mol. The minimum atomic E-state index is -0.337. The molecule has 0 aliphatic carbocycles. The lowest BCUT2D eigenvalue weighted by Gasteiger charge is -2.01. The van der Waals surface area contributed by atoms with Gasteiger partial charge in [-0.3, -0.25) is 4.79 Å². The highest BCUT2D eigenvalue weighted by Crippen LogP contribution is 2.17. The van der Waals surface area contributed by atoms with Crippen molar-refractivity contribution < 1.29 is 9.32 Å². The van der Waals surface area contributed by atoms with Crippen molar-refractivity contribution in [3.8, 4) is 0 Å². The summed E-state index contributed by atoms with van der Waals surface area (Å²) in [4.78, 5) is 15.8. The Hall–Kier alpha value is -1.68. The minimum Gasteiger partial charge on any atom is -0.339 e. The number of nitrogens with zero attached hydrogens (tertiary/aromatic N) is 2. The van der Waals surface area contributed by atoms with Gasteiger partial charge in [-0.1, -0.05) is 35.8 Å². The van der Waals surface area contributed by atoms with Gasteiger partial charge in [0.2, 0.25) is 5.89 Å². The van der Waals surface area contributed by atoms with Crippen molar-refractivity contribution in [3.63, 3.8) is 0 Å². The van der Waals surface area contributed by atoms with Crippen molar-refractivity contribution in [2.45, 2.75) is 32.6 Å². The van der Waals surface area contributed by atoms with E-state index in [0.29, 0.717) is 29.6 Å². The molecule has 2 rings (SSSR count). The summed E-state index contributed by atoms with van der Waals surface area (Å²) < 4.78 is 5.14. The Morgan fingerprint density at radius 1 is 1.37 bits per heavy atom. The van der Waals surface area contributed by atoms with Crippen LogP contribution in [0.1, 0.15) is 43.5 Å². The van der Waals surface area contributed by atoms with E-state index in [1.54, 1.807) is 6.92 Å². The zero-order valence-corrected chi connectivity index (χ0v) is 11.6. The predicted molar refractivity (Wildman–Crippen MR) is 72.3 cm³/mol. The lowest BCUT2D eigenvalue weighted by atomic mass is 10.1. The van der Waals surface area contributed by atoms with Crippen LogP contribution < -0.4 is 0 Å². The second-order valence-corrected chi connectivity index (χ2v) is 4.83. The van der Waals surface area contributed by atoms with Gasteiger partial charge in [0.1, 0.15) is 5.78 Å². The van der Waals surface area contributed by atoms with Crippen molar-refractivity contribution in [1.29, 1.82) is 0 Å². The molecule has 100 valence electrons. The van der Waals surface area contributed by atoms with Crippen LogP contribution in [0, 0.1) is 0 Å². The molecule has 4 nitrogen and oxygen atoms in total. The number of carbonyl (C=O) groups is 1. The highest BCUT2D eigenvalue weighted by molar-refractivity contribution is 6.30. The van der Waals surface area contributed by atoms with E-state index in [4.69, 9.17) is 16.1 Å². The SMILES string of the molecule is CCC(=O)C(C)c1nc(Cc2ccc(Cl)cc2)no1. The van der Waals surface area contributed by atoms with E-state index in [9.17, 15) is 4.79 Å². The zero-order valence-electron chi connectivity index (χ0n) is 10.9. The lowest BCUT2D eigenvalue weighted by molar-refractivity contribution is -0.120. The number of halogens is 1. The van der Waals surface area contributed by atoms with E-state index in [2.05, 4.69) is 10.1 Å². The number of carbonyl (C=O) groups excluding carboxylic acids is 1. The first-order valence-corrected chi connectivity index (χ1v) is 6.57. The summed E-state index contributed by atoms with van der Waals surface area (Å²) in [5.74, 6) is 0.724. The molecule has 0 N–H and O–H groups in total. The van der Waals surface area contributed by atoms with E-state index in [1.165, 1.54) is 0 Å². The molecule has 0 bridgehead atoms. The maximum atomic E-state index is 11.6. The highest BCUT2D eigenvalue weighted by atomic mass is 35.5. The molecule has 2 aromatic rings. The van der Waals surface area contributed by atoms with Crippen LogP contribution in [0.15, 0.2) is 28.8 Å². The summed E-state index contributed by atoms with van der Waals surface area (Å²) in [5.41, 5.74) is 1.05. The van der Waals surface area contributed by atoms with E-state index in [1.807, 2.05) is 31.2 Å². The van der Waals surface area contributed by atoms with Crippen molar-refractivity contribution in [2.75, 3.05) is 0 Å². The van der Waals surface area contributed by atoms with Gasteiger partial charge in [-0.05, 0) is 24.6 Å². The molecule has 1 unspecified atom stereocenters. The molecule has 0 aliphatic heterocycles. The Balaban J connectivity index is 2.09. The van der Waals surface area contributed by atoms with Gasteiger partial charge < -0.3 is 4.52 Å². The molecule has 0 amide bonds. The number of benzene rings is 1. The first kappa shape index (κ1) is 13.7.